The van der Waals surface area contributed by atoms with E-state index < -0.39 is 5.97 Å². The van der Waals surface area contributed by atoms with Crippen LogP contribution in [-0.4, -0.2) is 26.0 Å². The summed E-state index contributed by atoms with van der Waals surface area (Å²) in [6, 6.07) is 19.3. The number of hydrogen-bond acceptors (Lipinski definition) is 6. The van der Waals surface area contributed by atoms with Crippen LogP contribution in [0.25, 0.3) is 12.2 Å². The molecule has 1 aliphatic heterocycles. The first-order chi connectivity index (χ1) is 15.6. The minimum Gasteiger partial charge on any atom is -0.497 e. The molecule has 0 aromatic heterocycles. The number of carbonyl (C=O) groups excluding carboxylic acids is 2. The van der Waals surface area contributed by atoms with Crippen LogP contribution in [0.1, 0.15) is 21.5 Å². The number of carbonyl (C=O) groups is 2. The molecule has 0 bridgehead atoms. The molecule has 160 valence electrons. The van der Waals surface area contributed by atoms with Crippen molar-refractivity contribution in [1.29, 1.82) is 0 Å². The van der Waals surface area contributed by atoms with Crippen LogP contribution in [0.3, 0.4) is 0 Å². The number of fused-ring (bicyclic) bond motifs is 1. The molecule has 0 amide bonds. The highest BCUT2D eigenvalue weighted by Crippen LogP contribution is 2.36. The molecule has 0 spiro atoms. The second kappa shape index (κ2) is 9.22. The SMILES string of the molecule is COc1ccc(C=C2Oc3cc(OC(=O)C=Cc4ccccc4)ccc3C2=O)c(OC)c1. The highest BCUT2D eigenvalue weighted by atomic mass is 16.5. The molecule has 0 fully saturated rings. The minimum atomic E-state index is -0.531. The third kappa shape index (κ3) is 4.54. The standard InChI is InChI=1S/C26H20O6/c1-29-19-10-9-18(22(15-19)30-2)14-24-26(28)21-12-11-20(16-23(21)32-24)31-25(27)13-8-17-6-4-3-5-7-17/h3-16H,1-2H3. The summed E-state index contributed by atoms with van der Waals surface area (Å²) < 4.78 is 21.7. The molecule has 3 aromatic carbocycles. The molecule has 0 saturated heterocycles. The summed E-state index contributed by atoms with van der Waals surface area (Å²) in [5.41, 5.74) is 1.95. The molecule has 4 rings (SSSR count). The van der Waals surface area contributed by atoms with Crippen molar-refractivity contribution in [2.24, 2.45) is 0 Å². The van der Waals surface area contributed by atoms with E-state index in [0.717, 1.165) is 5.56 Å². The Morgan fingerprint density at radius 3 is 2.44 bits per heavy atom. The van der Waals surface area contributed by atoms with Gasteiger partial charge < -0.3 is 18.9 Å². The van der Waals surface area contributed by atoms with Crippen molar-refractivity contribution in [1.82, 2.24) is 0 Å². The number of methoxy groups -OCH3 is 2. The van der Waals surface area contributed by atoms with Crippen molar-refractivity contribution in [3.8, 4) is 23.0 Å². The van der Waals surface area contributed by atoms with Gasteiger partial charge in [0.2, 0.25) is 5.78 Å². The molecule has 0 unspecified atom stereocenters. The molecule has 1 aliphatic rings. The number of Topliss-reactive ketones (excluding diaryl/α,β-unsaturated/α-hetero) is 1. The highest BCUT2D eigenvalue weighted by molar-refractivity contribution is 6.14. The Hall–Kier alpha value is -4.32. The van der Waals surface area contributed by atoms with Gasteiger partial charge in [-0.3, -0.25) is 4.79 Å². The van der Waals surface area contributed by atoms with Crippen molar-refractivity contribution in [2.75, 3.05) is 14.2 Å². The average Bonchev–Trinajstić information content (AvgIpc) is 3.13. The summed E-state index contributed by atoms with van der Waals surface area (Å²) in [6.45, 7) is 0. The number of rotatable bonds is 6. The Balaban J connectivity index is 1.50. The summed E-state index contributed by atoms with van der Waals surface area (Å²) in [5, 5.41) is 0. The van der Waals surface area contributed by atoms with Crippen LogP contribution in [0, 0.1) is 0 Å². The molecule has 0 N–H and O–H groups in total. The van der Waals surface area contributed by atoms with Gasteiger partial charge in [0.1, 0.15) is 23.0 Å². The van der Waals surface area contributed by atoms with Gasteiger partial charge in [0.25, 0.3) is 0 Å². The summed E-state index contributed by atoms with van der Waals surface area (Å²) >= 11 is 0. The normalized spacial score (nSPS) is 13.7. The van der Waals surface area contributed by atoms with E-state index in [1.165, 1.54) is 19.3 Å². The molecule has 0 atom stereocenters. The summed E-state index contributed by atoms with van der Waals surface area (Å²) in [6.07, 6.45) is 4.61. The average molecular weight is 428 g/mol. The molecule has 3 aromatic rings. The van der Waals surface area contributed by atoms with E-state index in [1.54, 1.807) is 49.6 Å². The fourth-order valence-corrected chi connectivity index (χ4v) is 3.19. The number of allylic oxidation sites excluding steroid dienone is 1. The molecule has 6 heteroatoms. The van der Waals surface area contributed by atoms with Crippen LogP contribution in [0.4, 0.5) is 0 Å². The first kappa shape index (κ1) is 20.9. The maximum Gasteiger partial charge on any atom is 0.336 e. The van der Waals surface area contributed by atoms with Crippen molar-refractivity contribution in [3.05, 3.63) is 95.3 Å². The molecule has 32 heavy (non-hydrogen) atoms. The lowest BCUT2D eigenvalue weighted by Crippen LogP contribution is -2.03. The molecule has 0 saturated carbocycles. The topological polar surface area (TPSA) is 71.1 Å². The van der Waals surface area contributed by atoms with Gasteiger partial charge in [0.05, 0.1) is 19.8 Å². The number of ether oxygens (including phenoxy) is 4. The number of benzene rings is 3. The van der Waals surface area contributed by atoms with Crippen LogP contribution in [0.2, 0.25) is 0 Å². The van der Waals surface area contributed by atoms with Crippen LogP contribution in [-0.2, 0) is 4.79 Å². The number of hydrogen-bond donors (Lipinski definition) is 0. The maximum absolute atomic E-state index is 12.7. The van der Waals surface area contributed by atoms with Crippen LogP contribution < -0.4 is 18.9 Å². The fraction of sp³-hybridized carbons (Fsp3) is 0.0769. The lowest BCUT2D eigenvalue weighted by Gasteiger charge is -2.08. The highest BCUT2D eigenvalue weighted by Gasteiger charge is 2.28. The van der Waals surface area contributed by atoms with Gasteiger partial charge in [-0.15, -0.1) is 0 Å². The van der Waals surface area contributed by atoms with E-state index in [2.05, 4.69) is 0 Å². The zero-order valence-electron chi connectivity index (χ0n) is 17.5. The third-order valence-electron chi connectivity index (χ3n) is 4.80. The van der Waals surface area contributed by atoms with E-state index >= 15 is 0 Å². The summed E-state index contributed by atoms with van der Waals surface area (Å²) in [4.78, 5) is 24.9. The van der Waals surface area contributed by atoms with Crippen LogP contribution >= 0.6 is 0 Å². The predicted octanol–water partition coefficient (Wildman–Crippen LogP) is 4.94. The van der Waals surface area contributed by atoms with Gasteiger partial charge in [0.15, 0.2) is 5.76 Å². The maximum atomic E-state index is 12.7. The van der Waals surface area contributed by atoms with Crippen molar-refractivity contribution in [3.63, 3.8) is 0 Å². The van der Waals surface area contributed by atoms with Gasteiger partial charge in [-0.1, -0.05) is 30.3 Å². The Bertz CT molecular complexity index is 1220. The monoisotopic (exact) mass is 428 g/mol. The van der Waals surface area contributed by atoms with Crippen molar-refractivity contribution in [2.45, 2.75) is 0 Å². The predicted molar refractivity (Wildman–Crippen MR) is 120 cm³/mol. The molecule has 0 radical (unpaired) electrons. The van der Waals surface area contributed by atoms with Crippen LogP contribution in [0.15, 0.2) is 78.6 Å². The molecular formula is C26H20O6. The zero-order chi connectivity index (χ0) is 22.5. The van der Waals surface area contributed by atoms with E-state index in [1.807, 2.05) is 30.3 Å². The van der Waals surface area contributed by atoms with Gasteiger partial charge in [-0.05, 0) is 42.0 Å². The lowest BCUT2D eigenvalue weighted by molar-refractivity contribution is -0.128. The van der Waals surface area contributed by atoms with Gasteiger partial charge in [0, 0.05) is 23.8 Å². The second-order valence-electron chi connectivity index (χ2n) is 6.87. The van der Waals surface area contributed by atoms with E-state index in [0.29, 0.717) is 28.4 Å². The summed E-state index contributed by atoms with van der Waals surface area (Å²) in [5.74, 6) is 1.14. The number of ketones is 1. The van der Waals surface area contributed by atoms with Crippen molar-refractivity contribution >= 4 is 23.9 Å². The second-order valence-corrected chi connectivity index (χ2v) is 6.87. The minimum absolute atomic E-state index is 0.149. The molecule has 0 aliphatic carbocycles. The Labute approximate surface area is 185 Å². The Morgan fingerprint density at radius 2 is 1.69 bits per heavy atom. The fourth-order valence-electron chi connectivity index (χ4n) is 3.19. The largest absolute Gasteiger partial charge is 0.497 e. The third-order valence-corrected chi connectivity index (χ3v) is 4.80. The Morgan fingerprint density at radius 1 is 0.906 bits per heavy atom. The molecule has 6 nitrogen and oxygen atoms in total. The summed E-state index contributed by atoms with van der Waals surface area (Å²) in [7, 11) is 3.10. The Kier molecular flexibility index (Phi) is 6.03. The van der Waals surface area contributed by atoms with Gasteiger partial charge in [-0.25, -0.2) is 4.79 Å². The zero-order valence-corrected chi connectivity index (χ0v) is 17.5. The van der Waals surface area contributed by atoms with Gasteiger partial charge in [-0.2, -0.15) is 0 Å². The van der Waals surface area contributed by atoms with E-state index in [9.17, 15) is 9.59 Å². The van der Waals surface area contributed by atoms with Gasteiger partial charge >= 0.3 is 5.97 Å². The number of esters is 1. The molecular weight excluding hydrogens is 408 g/mol. The van der Waals surface area contributed by atoms with Crippen LogP contribution in [0.5, 0.6) is 23.0 Å². The van der Waals surface area contributed by atoms with E-state index in [4.69, 9.17) is 18.9 Å². The first-order valence-corrected chi connectivity index (χ1v) is 9.82. The smallest absolute Gasteiger partial charge is 0.336 e. The first-order valence-electron chi connectivity index (χ1n) is 9.82. The van der Waals surface area contributed by atoms with E-state index in [-0.39, 0.29) is 17.3 Å². The molecule has 1 heterocycles. The lowest BCUT2D eigenvalue weighted by atomic mass is 10.1. The quantitative estimate of drug-likeness (QED) is 0.315. The van der Waals surface area contributed by atoms with Crippen molar-refractivity contribution < 1.29 is 28.5 Å².